The van der Waals surface area contributed by atoms with Crippen LogP contribution in [0.1, 0.15) is 43.5 Å². The van der Waals surface area contributed by atoms with Gasteiger partial charge in [-0.05, 0) is 48.9 Å². The molecule has 0 bridgehead atoms. The maximum Gasteiger partial charge on any atom is 0.338 e. The Kier molecular flexibility index (Phi) is 6.38. The molecule has 2 saturated heterocycles. The number of amides is 2. The van der Waals surface area contributed by atoms with Gasteiger partial charge in [0.2, 0.25) is 15.9 Å². The fraction of sp³-hybridized carbons (Fsp3) is 0.550. The van der Waals surface area contributed by atoms with Crippen molar-refractivity contribution >= 4 is 27.8 Å². The van der Waals surface area contributed by atoms with Gasteiger partial charge in [0, 0.05) is 26.1 Å². The average Bonchev–Trinajstić information content (AvgIpc) is 3.11. The van der Waals surface area contributed by atoms with Crippen LogP contribution in [-0.2, 0) is 24.3 Å². The molecule has 158 valence electrons. The molecule has 0 unspecified atom stereocenters. The Morgan fingerprint density at radius 1 is 1.10 bits per heavy atom. The quantitative estimate of drug-likeness (QED) is 0.669. The number of esters is 1. The lowest BCUT2D eigenvalue weighted by molar-refractivity contribution is -0.143. The van der Waals surface area contributed by atoms with Crippen LogP contribution >= 0.6 is 0 Å². The van der Waals surface area contributed by atoms with E-state index in [1.165, 1.54) is 28.6 Å². The van der Waals surface area contributed by atoms with Crippen molar-refractivity contribution in [1.29, 1.82) is 0 Å². The second kappa shape index (κ2) is 8.62. The Balaban J connectivity index is 1.62. The highest BCUT2D eigenvalue weighted by molar-refractivity contribution is 7.89. The molecule has 2 heterocycles. The highest BCUT2D eigenvalue weighted by atomic mass is 32.2. The summed E-state index contributed by atoms with van der Waals surface area (Å²) in [5.74, 6) is -0.963. The van der Waals surface area contributed by atoms with Crippen molar-refractivity contribution in [2.45, 2.75) is 38.0 Å². The third-order valence-electron chi connectivity index (χ3n) is 5.26. The zero-order chi connectivity index (χ0) is 21.2. The Labute approximate surface area is 170 Å². The molecule has 0 aromatic heterocycles. The number of carbonyl (C=O) groups excluding carboxylic acids is 3. The number of nitrogens with zero attached hydrogens (tertiary/aromatic N) is 2. The van der Waals surface area contributed by atoms with E-state index in [1.807, 2.05) is 13.8 Å². The van der Waals surface area contributed by atoms with E-state index < -0.39 is 28.5 Å². The summed E-state index contributed by atoms with van der Waals surface area (Å²) >= 11 is 0. The highest BCUT2D eigenvalue weighted by Crippen LogP contribution is 2.26. The summed E-state index contributed by atoms with van der Waals surface area (Å²) in [5, 5.41) is 0. The summed E-state index contributed by atoms with van der Waals surface area (Å²) in [5.41, 5.74) is 0.143. The molecule has 0 aliphatic carbocycles. The minimum absolute atomic E-state index is 0.120. The summed E-state index contributed by atoms with van der Waals surface area (Å²) in [6.45, 7) is 4.86. The van der Waals surface area contributed by atoms with Crippen LogP contribution in [0.4, 0.5) is 0 Å². The molecule has 2 amide bonds. The van der Waals surface area contributed by atoms with Gasteiger partial charge in [-0.1, -0.05) is 13.8 Å². The third kappa shape index (κ3) is 4.84. The number of likely N-dealkylation sites (tertiary alicyclic amines) is 1. The van der Waals surface area contributed by atoms with Crippen LogP contribution < -0.4 is 0 Å². The molecule has 2 aliphatic heterocycles. The Hall–Kier alpha value is -2.26. The molecule has 2 fully saturated rings. The SMILES string of the molecule is C[C@@H]1C[C@H](C)CN(S(=O)(=O)c2ccc(C(=O)OCC(=O)N3CCCC3=O)cc2)C1. The molecule has 1 aromatic carbocycles. The number of piperidine rings is 1. The van der Waals surface area contributed by atoms with E-state index in [-0.39, 0.29) is 16.4 Å². The van der Waals surface area contributed by atoms with E-state index in [2.05, 4.69) is 0 Å². The largest absolute Gasteiger partial charge is 0.452 e. The van der Waals surface area contributed by atoms with E-state index in [9.17, 15) is 22.8 Å². The fourth-order valence-corrected chi connectivity index (χ4v) is 5.59. The molecule has 2 aliphatic rings. The smallest absolute Gasteiger partial charge is 0.338 e. The minimum Gasteiger partial charge on any atom is -0.452 e. The van der Waals surface area contributed by atoms with Crippen LogP contribution in [0.15, 0.2) is 29.2 Å². The molecule has 9 heteroatoms. The molecule has 8 nitrogen and oxygen atoms in total. The molecule has 3 rings (SSSR count). The van der Waals surface area contributed by atoms with Gasteiger partial charge in [0.15, 0.2) is 6.61 Å². The maximum absolute atomic E-state index is 12.9. The summed E-state index contributed by atoms with van der Waals surface area (Å²) < 4.78 is 32.2. The van der Waals surface area contributed by atoms with Crippen molar-refractivity contribution < 1.29 is 27.5 Å². The number of rotatable bonds is 5. The highest BCUT2D eigenvalue weighted by Gasteiger charge is 2.32. The van der Waals surface area contributed by atoms with Crippen LogP contribution in [0.25, 0.3) is 0 Å². The topological polar surface area (TPSA) is 101 Å². The number of carbonyl (C=O) groups is 3. The minimum atomic E-state index is -3.63. The third-order valence-corrected chi connectivity index (χ3v) is 7.11. The van der Waals surface area contributed by atoms with Gasteiger partial charge in [0.1, 0.15) is 0 Å². The molecule has 0 spiro atoms. The molecule has 2 atom stereocenters. The Bertz CT molecular complexity index is 886. The lowest BCUT2D eigenvalue weighted by Crippen LogP contribution is -2.42. The lowest BCUT2D eigenvalue weighted by Gasteiger charge is -2.34. The van der Waals surface area contributed by atoms with E-state index >= 15 is 0 Å². The first kappa shape index (κ1) is 21.4. The first-order valence-electron chi connectivity index (χ1n) is 9.79. The normalized spacial score (nSPS) is 23.2. The van der Waals surface area contributed by atoms with Gasteiger partial charge in [-0.15, -0.1) is 0 Å². The van der Waals surface area contributed by atoms with Crippen LogP contribution in [0, 0.1) is 11.8 Å². The predicted octanol–water partition coefficient (Wildman–Crippen LogP) is 1.66. The maximum atomic E-state index is 12.9. The van der Waals surface area contributed by atoms with Crippen molar-refractivity contribution in [2.24, 2.45) is 11.8 Å². The monoisotopic (exact) mass is 422 g/mol. The van der Waals surface area contributed by atoms with Gasteiger partial charge >= 0.3 is 5.97 Å². The summed E-state index contributed by atoms with van der Waals surface area (Å²) in [7, 11) is -3.63. The van der Waals surface area contributed by atoms with Gasteiger partial charge in [-0.2, -0.15) is 4.31 Å². The standard InChI is InChI=1S/C20H26N2O6S/c1-14-10-15(2)12-21(11-14)29(26,27)17-7-5-16(6-8-17)20(25)28-13-19(24)22-9-3-4-18(22)23/h5-8,14-15H,3-4,9-13H2,1-2H3/t14-,15+. The molecule has 1 aromatic rings. The number of hydrogen-bond donors (Lipinski definition) is 0. The van der Waals surface area contributed by atoms with Crippen molar-refractivity contribution in [3.63, 3.8) is 0 Å². The van der Waals surface area contributed by atoms with Gasteiger partial charge in [-0.3, -0.25) is 14.5 Å². The van der Waals surface area contributed by atoms with Gasteiger partial charge < -0.3 is 4.74 Å². The lowest BCUT2D eigenvalue weighted by atomic mass is 9.94. The predicted molar refractivity (Wildman–Crippen MR) is 104 cm³/mol. The van der Waals surface area contributed by atoms with Crippen LogP contribution in [-0.4, -0.2) is 61.6 Å². The average molecular weight is 423 g/mol. The summed E-state index contributed by atoms with van der Waals surface area (Å²) in [4.78, 5) is 36.8. The van der Waals surface area contributed by atoms with Crippen molar-refractivity contribution in [3.8, 4) is 0 Å². The molecular formula is C20H26N2O6S. The Morgan fingerprint density at radius 2 is 1.72 bits per heavy atom. The number of imide groups is 1. The number of hydrogen-bond acceptors (Lipinski definition) is 6. The second-order valence-corrected chi connectivity index (χ2v) is 9.85. The van der Waals surface area contributed by atoms with Gasteiger partial charge in [0.25, 0.3) is 5.91 Å². The number of benzene rings is 1. The Morgan fingerprint density at radius 3 is 2.28 bits per heavy atom. The first-order chi connectivity index (χ1) is 13.7. The molecule has 29 heavy (non-hydrogen) atoms. The zero-order valence-corrected chi connectivity index (χ0v) is 17.5. The summed E-state index contributed by atoms with van der Waals surface area (Å²) in [6, 6.07) is 5.50. The van der Waals surface area contributed by atoms with Crippen LogP contribution in [0.2, 0.25) is 0 Å². The van der Waals surface area contributed by atoms with E-state index in [0.29, 0.717) is 44.3 Å². The summed E-state index contributed by atoms with van der Waals surface area (Å²) in [6.07, 6.45) is 1.94. The van der Waals surface area contributed by atoms with E-state index in [4.69, 9.17) is 4.74 Å². The molecule has 0 saturated carbocycles. The van der Waals surface area contributed by atoms with Gasteiger partial charge in [-0.25, -0.2) is 13.2 Å². The van der Waals surface area contributed by atoms with Crippen LogP contribution in [0.3, 0.4) is 0 Å². The molecule has 0 N–H and O–H groups in total. The fourth-order valence-electron chi connectivity index (χ4n) is 3.91. The van der Waals surface area contributed by atoms with E-state index in [1.54, 1.807) is 0 Å². The van der Waals surface area contributed by atoms with E-state index in [0.717, 1.165) is 11.3 Å². The first-order valence-corrected chi connectivity index (χ1v) is 11.2. The molecule has 0 radical (unpaired) electrons. The molecular weight excluding hydrogens is 396 g/mol. The van der Waals surface area contributed by atoms with Crippen molar-refractivity contribution in [1.82, 2.24) is 9.21 Å². The van der Waals surface area contributed by atoms with Crippen molar-refractivity contribution in [2.75, 3.05) is 26.2 Å². The number of ether oxygens (including phenoxy) is 1. The second-order valence-electron chi connectivity index (χ2n) is 7.91. The number of sulfonamides is 1. The zero-order valence-electron chi connectivity index (χ0n) is 16.7. The van der Waals surface area contributed by atoms with Crippen LogP contribution in [0.5, 0.6) is 0 Å². The van der Waals surface area contributed by atoms with Gasteiger partial charge in [0.05, 0.1) is 10.5 Å². The van der Waals surface area contributed by atoms with Crippen molar-refractivity contribution in [3.05, 3.63) is 29.8 Å².